The molecule has 1 aliphatic rings. The maximum Gasteiger partial charge on any atom is 0.270 e. The van der Waals surface area contributed by atoms with Crippen LogP contribution in [0, 0.1) is 17.0 Å². The van der Waals surface area contributed by atoms with Crippen LogP contribution in [-0.2, 0) is 9.59 Å². The molecule has 4 rings (SSSR count). The number of amides is 2. The number of ether oxygens (including phenoxy) is 1. The number of para-hydroxylation sites is 1. The molecule has 3 aromatic rings. The highest BCUT2D eigenvalue weighted by Gasteiger charge is 2.35. The number of carbonyl (C=O) groups excluding carboxylic acids is 2. The van der Waals surface area contributed by atoms with Crippen molar-refractivity contribution >= 4 is 46.6 Å². The van der Waals surface area contributed by atoms with Gasteiger partial charge in [0.15, 0.2) is 5.11 Å². The van der Waals surface area contributed by atoms with Crippen molar-refractivity contribution in [1.29, 1.82) is 0 Å². The lowest BCUT2D eigenvalue weighted by molar-refractivity contribution is -0.384. The van der Waals surface area contributed by atoms with Crippen LogP contribution in [0.2, 0.25) is 0 Å². The van der Waals surface area contributed by atoms with Crippen LogP contribution in [0.5, 0.6) is 5.75 Å². The van der Waals surface area contributed by atoms with E-state index in [4.69, 9.17) is 21.4 Å². The lowest BCUT2D eigenvalue weighted by atomic mass is 10.1. The molecule has 0 bridgehead atoms. The van der Waals surface area contributed by atoms with Crippen LogP contribution in [-0.4, -0.2) is 29.0 Å². The maximum atomic E-state index is 13.2. The van der Waals surface area contributed by atoms with E-state index in [0.29, 0.717) is 17.0 Å². The van der Waals surface area contributed by atoms with Crippen molar-refractivity contribution < 1.29 is 23.7 Å². The summed E-state index contributed by atoms with van der Waals surface area (Å²) in [5.41, 5.74) is 1.42. The zero-order valence-electron chi connectivity index (χ0n) is 17.5. The predicted molar refractivity (Wildman–Crippen MR) is 125 cm³/mol. The van der Waals surface area contributed by atoms with Crippen molar-refractivity contribution in [3.63, 3.8) is 0 Å². The van der Waals surface area contributed by atoms with E-state index in [1.807, 2.05) is 19.1 Å². The Labute approximate surface area is 193 Å². The van der Waals surface area contributed by atoms with Gasteiger partial charge in [0.2, 0.25) is 0 Å². The van der Waals surface area contributed by atoms with Crippen LogP contribution in [0.1, 0.15) is 11.3 Å². The van der Waals surface area contributed by atoms with E-state index in [1.54, 1.807) is 24.3 Å². The molecule has 1 N–H and O–H groups in total. The molecular weight excluding hydrogens is 446 g/mol. The fourth-order valence-electron chi connectivity index (χ4n) is 3.41. The molecule has 0 atom stereocenters. The molecule has 166 valence electrons. The van der Waals surface area contributed by atoms with Crippen LogP contribution in [0.4, 0.5) is 11.4 Å². The second-order valence-electron chi connectivity index (χ2n) is 7.09. The van der Waals surface area contributed by atoms with E-state index in [1.165, 1.54) is 36.3 Å². The van der Waals surface area contributed by atoms with Gasteiger partial charge < -0.3 is 9.15 Å². The Morgan fingerprint density at radius 3 is 2.61 bits per heavy atom. The summed E-state index contributed by atoms with van der Waals surface area (Å²) in [5.74, 6) is -0.395. The zero-order valence-corrected chi connectivity index (χ0v) is 18.3. The number of rotatable bonds is 5. The van der Waals surface area contributed by atoms with E-state index in [2.05, 4.69) is 5.32 Å². The van der Waals surface area contributed by atoms with Gasteiger partial charge in [-0.1, -0.05) is 18.2 Å². The first-order valence-corrected chi connectivity index (χ1v) is 10.1. The Hall–Kier alpha value is -4.31. The van der Waals surface area contributed by atoms with Crippen molar-refractivity contribution in [3.05, 3.63) is 81.6 Å². The van der Waals surface area contributed by atoms with Crippen LogP contribution < -0.4 is 15.0 Å². The Kier molecular flexibility index (Phi) is 5.76. The zero-order chi connectivity index (χ0) is 23.7. The van der Waals surface area contributed by atoms with Gasteiger partial charge in [0.05, 0.1) is 23.3 Å². The van der Waals surface area contributed by atoms with Gasteiger partial charge in [-0.15, -0.1) is 0 Å². The summed E-state index contributed by atoms with van der Waals surface area (Å²) >= 11 is 5.22. The van der Waals surface area contributed by atoms with E-state index in [9.17, 15) is 19.7 Å². The van der Waals surface area contributed by atoms with E-state index in [-0.39, 0.29) is 27.9 Å². The minimum Gasteiger partial charge on any atom is -0.496 e. The largest absolute Gasteiger partial charge is 0.496 e. The summed E-state index contributed by atoms with van der Waals surface area (Å²) in [4.78, 5) is 37.6. The quantitative estimate of drug-likeness (QED) is 0.200. The standard InChI is InChI=1S/C23H17N3O6S/c1-13-5-3-4-6-18(13)25-22(28)17(21(27)24-23(25)33)12-15-8-10-20(32-15)16-11-14(26(29)30)7-9-19(16)31-2/h3-12H,1-2H3,(H,24,27,33)/b17-12+. The fraction of sp³-hybridized carbons (Fsp3) is 0.0870. The number of anilines is 1. The fourth-order valence-corrected chi connectivity index (χ4v) is 3.68. The van der Waals surface area contributed by atoms with Gasteiger partial charge >= 0.3 is 0 Å². The molecule has 2 aromatic carbocycles. The number of hydrogen-bond donors (Lipinski definition) is 1. The third kappa shape index (κ3) is 4.11. The van der Waals surface area contributed by atoms with E-state index < -0.39 is 16.7 Å². The summed E-state index contributed by atoms with van der Waals surface area (Å²) < 4.78 is 11.1. The highest BCUT2D eigenvalue weighted by molar-refractivity contribution is 7.80. The van der Waals surface area contributed by atoms with E-state index >= 15 is 0 Å². The summed E-state index contributed by atoms with van der Waals surface area (Å²) in [7, 11) is 1.44. The molecular formula is C23H17N3O6S. The first-order chi connectivity index (χ1) is 15.8. The van der Waals surface area contributed by atoms with Crippen molar-refractivity contribution in [2.24, 2.45) is 0 Å². The second-order valence-corrected chi connectivity index (χ2v) is 7.47. The van der Waals surface area contributed by atoms with Gasteiger partial charge in [-0.2, -0.15) is 0 Å². The monoisotopic (exact) mass is 463 g/mol. The number of nitrogens with zero attached hydrogens (tertiary/aromatic N) is 2. The van der Waals surface area contributed by atoms with E-state index in [0.717, 1.165) is 5.56 Å². The van der Waals surface area contributed by atoms with Crippen molar-refractivity contribution in [3.8, 4) is 17.1 Å². The highest BCUT2D eigenvalue weighted by Crippen LogP contribution is 2.35. The highest BCUT2D eigenvalue weighted by atomic mass is 32.1. The van der Waals surface area contributed by atoms with Gasteiger partial charge in [0.1, 0.15) is 22.8 Å². The molecule has 2 amide bonds. The SMILES string of the molecule is COc1ccc([N+](=O)[O-])cc1-c1ccc(/C=C2\C(=O)NC(=S)N(c3ccccc3C)C2=O)o1. The van der Waals surface area contributed by atoms with Crippen molar-refractivity contribution in [2.75, 3.05) is 12.0 Å². The molecule has 0 aliphatic carbocycles. The molecule has 1 aromatic heterocycles. The van der Waals surface area contributed by atoms with Crippen LogP contribution in [0.3, 0.4) is 0 Å². The minimum atomic E-state index is -0.652. The first-order valence-electron chi connectivity index (χ1n) is 9.70. The third-order valence-electron chi connectivity index (χ3n) is 5.03. The smallest absolute Gasteiger partial charge is 0.270 e. The summed E-state index contributed by atoms with van der Waals surface area (Å²) in [6, 6.07) is 14.4. The number of carbonyl (C=O) groups is 2. The van der Waals surface area contributed by atoms with Crippen molar-refractivity contribution in [2.45, 2.75) is 6.92 Å². The van der Waals surface area contributed by atoms with Crippen LogP contribution in [0.25, 0.3) is 17.4 Å². The Morgan fingerprint density at radius 2 is 1.91 bits per heavy atom. The third-order valence-corrected chi connectivity index (χ3v) is 5.32. The van der Waals surface area contributed by atoms with Gasteiger partial charge in [0, 0.05) is 12.1 Å². The van der Waals surface area contributed by atoms with Crippen LogP contribution in [0.15, 0.2) is 64.6 Å². The predicted octanol–water partition coefficient (Wildman–Crippen LogP) is 4.00. The number of furan rings is 1. The van der Waals surface area contributed by atoms with Gasteiger partial charge in [-0.05, 0) is 55.0 Å². The molecule has 0 radical (unpaired) electrons. The summed E-state index contributed by atoms with van der Waals surface area (Å²) in [6.45, 7) is 1.83. The topological polar surface area (TPSA) is 115 Å². The van der Waals surface area contributed by atoms with Crippen molar-refractivity contribution in [1.82, 2.24) is 5.32 Å². The molecule has 0 spiro atoms. The lowest BCUT2D eigenvalue weighted by Crippen LogP contribution is -2.54. The number of hydrogen-bond acceptors (Lipinski definition) is 7. The normalized spacial score (nSPS) is 15.0. The lowest BCUT2D eigenvalue weighted by Gasteiger charge is -2.29. The first kappa shape index (κ1) is 21.9. The summed E-state index contributed by atoms with van der Waals surface area (Å²) in [6.07, 6.45) is 1.30. The molecule has 1 fully saturated rings. The number of non-ortho nitro benzene ring substituents is 1. The molecule has 33 heavy (non-hydrogen) atoms. The average molecular weight is 463 g/mol. The number of nitro groups is 1. The van der Waals surface area contributed by atoms with Crippen LogP contribution >= 0.6 is 12.2 Å². The molecule has 9 nitrogen and oxygen atoms in total. The molecule has 0 unspecified atom stereocenters. The number of benzene rings is 2. The second kappa shape index (κ2) is 8.67. The molecule has 0 saturated carbocycles. The Morgan fingerprint density at radius 1 is 1.15 bits per heavy atom. The molecule has 2 heterocycles. The molecule has 1 saturated heterocycles. The van der Waals surface area contributed by atoms with Gasteiger partial charge in [0.25, 0.3) is 17.5 Å². The minimum absolute atomic E-state index is 0.0158. The van der Waals surface area contributed by atoms with Gasteiger partial charge in [-0.25, -0.2) is 0 Å². The Balaban J connectivity index is 1.72. The maximum absolute atomic E-state index is 13.2. The molecule has 1 aliphatic heterocycles. The number of methoxy groups -OCH3 is 1. The number of nitro benzene ring substituents is 1. The molecule has 10 heteroatoms. The van der Waals surface area contributed by atoms with Gasteiger partial charge in [-0.3, -0.25) is 29.9 Å². The number of thiocarbonyl (C=S) groups is 1. The summed E-state index contributed by atoms with van der Waals surface area (Å²) in [5, 5.41) is 13.7. The number of aryl methyl sites for hydroxylation is 1. The Bertz CT molecular complexity index is 1340. The average Bonchev–Trinajstić information content (AvgIpc) is 3.26. The number of nitrogens with one attached hydrogen (secondary N) is 1.